The average Bonchev–Trinajstić information content (AvgIpc) is 2.82. The van der Waals surface area contributed by atoms with Crippen molar-refractivity contribution in [3.05, 3.63) is 81.9 Å². The first-order chi connectivity index (χ1) is 17.2. The van der Waals surface area contributed by atoms with Gasteiger partial charge in [-0.25, -0.2) is 26.3 Å². The third-order valence-corrected chi connectivity index (χ3v) is 4.43. The maximum atomic E-state index is 14.5. The van der Waals surface area contributed by atoms with E-state index in [4.69, 9.17) is 0 Å². The van der Waals surface area contributed by atoms with E-state index in [-0.39, 0.29) is 12.1 Å². The van der Waals surface area contributed by atoms with Crippen LogP contribution in [-0.2, 0) is 0 Å². The Morgan fingerprint density at radius 2 is 0.730 bits per heavy atom. The molecule has 17 heteroatoms. The lowest BCUT2D eigenvalue weighted by atomic mass is 10.1. The van der Waals surface area contributed by atoms with Crippen molar-refractivity contribution in [1.82, 2.24) is 0 Å². The SMILES string of the molecule is CN(C)c1c(F)c(F)c(OB(Oc2c(F)c(F)cc(F)c2F)Oc2c(F)c(F)cc(F)c2F)c(F)c1F. The third-order valence-electron chi connectivity index (χ3n) is 4.43. The predicted octanol–water partition coefficient (Wildman–Crippen LogP) is 5.94. The summed E-state index contributed by atoms with van der Waals surface area (Å²) in [6, 6.07) is -0.640. The molecule has 0 aliphatic heterocycles. The van der Waals surface area contributed by atoms with Crippen molar-refractivity contribution in [2.24, 2.45) is 0 Å². The lowest BCUT2D eigenvalue weighted by Gasteiger charge is -2.21. The zero-order chi connectivity index (χ0) is 27.9. The Labute approximate surface area is 198 Å². The Bertz CT molecular complexity index is 1240. The molecule has 0 aliphatic rings. The van der Waals surface area contributed by atoms with E-state index >= 15 is 0 Å². The van der Waals surface area contributed by atoms with Gasteiger partial charge in [0.25, 0.3) is 0 Å². The summed E-state index contributed by atoms with van der Waals surface area (Å²) in [5.41, 5.74) is -1.30. The van der Waals surface area contributed by atoms with Gasteiger partial charge in [-0.1, -0.05) is 0 Å². The van der Waals surface area contributed by atoms with Gasteiger partial charge >= 0.3 is 7.32 Å². The van der Waals surface area contributed by atoms with E-state index in [1.165, 1.54) is 0 Å². The molecule has 37 heavy (non-hydrogen) atoms. The average molecular weight is 549 g/mol. The zero-order valence-corrected chi connectivity index (χ0v) is 17.9. The summed E-state index contributed by atoms with van der Waals surface area (Å²) >= 11 is 0. The molecule has 0 amide bonds. The largest absolute Gasteiger partial charge is 0.864 e. The normalized spacial score (nSPS) is 11.0. The molecule has 4 nitrogen and oxygen atoms in total. The highest BCUT2D eigenvalue weighted by atomic mass is 19.2. The summed E-state index contributed by atoms with van der Waals surface area (Å²) in [5.74, 6) is -33.3. The van der Waals surface area contributed by atoms with Crippen LogP contribution in [0.4, 0.5) is 58.4 Å². The fourth-order valence-electron chi connectivity index (χ4n) is 2.77. The van der Waals surface area contributed by atoms with Crippen LogP contribution in [0.1, 0.15) is 0 Å². The minimum absolute atomic E-state index is 0.320. The molecule has 0 unspecified atom stereocenters. The monoisotopic (exact) mass is 549 g/mol. The fourth-order valence-corrected chi connectivity index (χ4v) is 2.77. The van der Waals surface area contributed by atoms with Crippen molar-refractivity contribution in [3.63, 3.8) is 0 Å². The maximum absolute atomic E-state index is 14.5. The highest BCUT2D eigenvalue weighted by molar-refractivity contribution is 6.39. The second-order valence-corrected chi connectivity index (χ2v) is 7.06. The number of hydrogen-bond acceptors (Lipinski definition) is 4. The van der Waals surface area contributed by atoms with Gasteiger partial charge in [-0.15, -0.1) is 0 Å². The molecule has 0 fully saturated rings. The molecular weight excluding hydrogens is 541 g/mol. The smallest absolute Gasteiger partial charge is 0.484 e. The Morgan fingerprint density at radius 1 is 0.459 bits per heavy atom. The van der Waals surface area contributed by atoms with Gasteiger partial charge in [0.15, 0.2) is 52.2 Å². The second-order valence-electron chi connectivity index (χ2n) is 7.06. The topological polar surface area (TPSA) is 30.9 Å². The first kappa shape index (κ1) is 27.7. The maximum Gasteiger partial charge on any atom is 0.864 e. The van der Waals surface area contributed by atoms with Crippen molar-refractivity contribution in [2.45, 2.75) is 0 Å². The summed E-state index contributed by atoms with van der Waals surface area (Å²) in [7, 11) is -1.47. The van der Waals surface area contributed by atoms with Gasteiger partial charge in [-0.05, 0) is 0 Å². The Balaban J connectivity index is 2.19. The highest BCUT2D eigenvalue weighted by Crippen LogP contribution is 2.36. The van der Waals surface area contributed by atoms with E-state index in [1.807, 2.05) is 0 Å². The molecule has 0 saturated heterocycles. The van der Waals surface area contributed by atoms with Gasteiger partial charge < -0.3 is 18.9 Å². The molecule has 3 aromatic rings. The standard InChI is InChI=1S/C20H8BF12NO3/c1-34(2)17-13(30)15(32)20(16(33)14(17)31)37-21(35-18-9(26)5(22)3-6(23)10(18)27)36-19-11(28)7(24)4-8(25)12(19)29/h3-4H,1-2H3. The van der Waals surface area contributed by atoms with Crippen molar-refractivity contribution >= 4 is 13.0 Å². The van der Waals surface area contributed by atoms with Gasteiger partial charge in [0.05, 0.1) is 0 Å². The highest BCUT2D eigenvalue weighted by Gasteiger charge is 2.41. The molecule has 0 atom stereocenters. The molecule has 0 saturated carbocycles. The first-order valence-electron chi connectivity index (χ1n) is 9.36. The minimum Gasteiger partial charge on any atom is -0.484 e. The van der Waals surface area contributed by atoms with Crippen LogP contribution in [-0.4, -0.2) is 21.4 Å². The summed E-state index contributed by atoms with van der Waals surface area (Å²) in [5, 5.41) is 0. The van der Waals surface area contributed by atoms with Crippen LogP contribution in [0.3, 0.4) is 0 Å². The van der Waals surface area contributed by atoms with Crippen LogP contribution in [0.15, 0.2) is 12.1 Å². The van der Waals surface area contributed by atoms with Crippen LogP contribution < -0.4 is 18.9 Å². The number of halogens is 12. The molecule has 0 spiro atoms. The zero-order valence-electron chi connectivity index (χ0n) is 17.9. The van der Waals surface area contributed by atoms with Gasteiger partial charge in [-0.3, -0.25) is 0 Å². The molecular formula is C20H8BF12NO3. The molecule has 0 radical (unpaired) electrons. The second kappa shape index (κ2) is 10.2. The first-order valence-corrected chi connectivity index (χ1v) is 9.36. The number of anilines is 1. The number of nitrogens with zero attached hydrogens (tertiary/aromatic N) is 1. The third kappa shape index (κ3) is 5.02. The van der Waals surface area contributed by atoms with Crippen LogP contribution >= 0.6 is 0 Å². The van der Waals surface area contributed by atoms with E-state index < -0.39 is 100 Å². The van der Waals surface area contributed by atoms with Crippen LogP contribution in [0.25, 0.3) is 0 Å². The lowest BCUT2D eigenvalue weighted by Crippen LogP contribution is -2.39. The molecule has 0 bridgehead atoms. The Morgan fingerprint density at radius 3 is 1.00 bits per heavy atom. The summed E-state index contributed by atoms with van der Waals surface area (Å²) in [4.78, 5) is 0.575. The van der Waals surface area contributed by atoms with Crippen molar-refractivity contribution < 1.29 is 66.6 Å². The van der Waals surface area contributed by atoms with E-state index in [0.717, 1.165) is 14.1 Å². The van der Waals surface area contributed by atoms with Crippen molar-refractivity contribution in [1.29, 1.82) is 0 Å². The van der Waals surface area contributed by atoms with E-state index in [9.17, 15) is 52.7 Å². The summed E-state index contributed by atoms with van der Waals surface area (Å²) in [6.07, 6.45) is 0. The van der Waals surface area contributed by atoms with Crippen LogP contribution in [0, 0.1) is 69.8 Å². The quantitative estimate of drug-likeness (QED) is 0.208. The Kier molecular flexibility index (Phi) is 7.64. The van der Waals surface area contributed by atoms with Crippen LogP contribution in [0.2, 0.25) is 0 Å². The molecule has 0 N–H and O–H groups in total. The van der Waals surface area contributed by atoms with Crippen LogP contribution in [0.5, 0.6) is 17.2 Å². The van der Waals surface area contributed by atoms with Gasteiger partial charge in [0.1, 0.15) is 5.69 Å². The van der Waals surface area contributed by atoms with E-state index in [1.54, 1.807) is 0 Å². The van der Waals surface area contributed by atoms with Gasteiger partial charge in [-0.2, -0.15) is 26.3 Å². The molecule has 0 heterocycles. The molecule has 3 rings (SSSR count). The molecule has 3 aromatic carbocycles. The van der Waals surface area contributed by atoms with E-state index in [2.05, 4.69) is 14.0 Å². The van der Waals surface area contributed by atoms with Crippen molar-refractivity contribution in [2.75, 3.05) is 19.0 Å². The number of rotatable bonds is 7. The van der Waals surface area contributed by atoms with Crippen molar-refractivity contribution in [3.8, 4) is 17.2 Å². The fraction of sp³-hybridized carbons (Fsp3) is 0.100. The lowest BCUT2D eigenvalue weighted by molar-refractivity contribution is 0.255. The summed E-state index contributed by atoms with van der Waals surface area (Å²) < 4.78 is 181. The summed E-state index contributed by atoms with van der Waals surface area (Å²) in [6.45, 7) is 0. The minimum atomic E-state index is -3.40. The van der Waals surface area contributed by atoms with Gasteiger partial charge in [0.2, 0.25) is 34.9 Å². The molecule has 0 aromatic heterocycles. The molecule has 0 aliphatic carbocycles. The number of benzene rings is 3. The van der Waals surface area contributed by atoms with Gasteiger partial charge in [0, 0.05) is 26.2 Å². The predicted molar refractivity (Wildman–Crippen MR) is 101 cm³/mol. The van der Waals surface area contributed by atoms with E-state index in [0.29, 0.717) is 4.90 Å². The Hall–Kier alpha value is -3.92. The molecule has 198 valence electrons. The number of hydrogen-bond donors (Lipinski definition) is 0.